The maximum absolute atomic E-state index is 13.3. The molecular formula is C37H29N3O3. The first-order chi connectivity index (χ1) is 21.1. The molecular weight excluding hydrogens is 534 g/mol. The average Bonchev–Trinajstić information content (AvgIpc) is 3.36. The van der Waals surface area contributed by atoms with Crippen LogP contribution in [0.5, 0.6) is 0 Å². The number of amides is 1. The molecule has 0 bridgehead atoms. The van der Waals surface area contributed by atoms with Gasteiger partial charge in [-0.05, 0) is 67.1 Å². The molecule has 0 aliphatic carbocycles. The standard InChI is InChI=1S/C37H29N3O3/c1-2-39-36(42)34(43-37(39)38-33-21-13-12-20-32(33)35(41)28-14-6-3-7-15-28)26-27-22-24-31(25-23-27)40(29-16-8-4-9-17-29)30-18-10-5-11-19-30/h3-26H,2H2,1H3/b34-26+,38-37?. The summed E-state index contributed by atoms with van der Waals surface area (Å²) in [5.74, 6) is -0.264. The minimum atomic E-state index is -0.285. The second-order valence-corrected chi connectivity index (χ2v) is 9.86. The normalized spacial score (nSPS) is 14.6. The van der Waals surface area contributed by atoms with Crippen molar-refractivity contribution in [1.29, 1.82) is 0 Å². The fraction of sp³-hybridized carbons (Fsp3) is 0.0541. The zero-order valence-electron chi connectivity index (χ0n) is 23.6. The molecule has 0 spiro atoms. The predicted molar refractivity (Wildman–Crippen MR) is 171 cm³/mol. The average molecular weight is 564 g/mol. The number of likely N-dealkylation sites (N-methyl/N-ethyl adjacent to an activating group) is 1. The minimum absolute atomic E-state index is 0.142. The van der Waals surface area contributed by atoms with Crippen molar-refractivity contribution >= 4 is 46.5 Å². The van der Waals surface area contributed by atoms with Crippen molar-refractivity contribution < 1.29 is 14.3 Å². The quantitative estimate of drug-likeness (QED) is 0.141. The van der Waals surface area contributed by atoms with Crippen molar-refractivity contribution in [3.63, 3.8) is 0 Å². The summed E-state index contributed by atoms with van der Waals surface area (Å²) in [5.41, 5.74) is 5.31. The number of carbonyl (C=O) groups excluding carboxylic acids is 2. The van der Waals surface area contributed by atoms with Gasteiger partial charge in [-0.3, -0.25) is 14.5 Å². The van der Waals surface area contributed by atoms with Crippen LogP contribution in [0.15, 0.2) is 150 Å². The van der Waals surface area contributed by atoms with Crippen molar-refractivity contribution in [2.24, 2.45) is 4.99 Å². The number of aliphatic imine (C=N–C) groups is 1. The smallest absolute Gasteiger partial charge is 0.305 e. The van der Waals surface area contributed by atoms with E-state index in [0.29, 0.717) is 23.4 Å². The molecule has 0 N–H and O–H groups in total. The van der Waals surface area contributed by atoms with Crippen LogP contribution in [0.2, 0.25) is 0 Å². The summed E-state index contributed by atoms with van der Waals surface area (Å²) in [6.45, 7) is 2.23. The van der Waals surface area contributed by atoms with Crippen LogP contribution >= 0.6 is 0 Å². The number of ether oxygens (including phenoxy) is 1. The third-order valence-corrected chi connectivity index (χ3v) is 7.08. The summed E-state index contributed by atoms with van der Waals surface area (Å²) in [6, 6.07) is 44.6. The van der Waals surface area contributed by atoms with E-state index in [4.69, 9.17) is 4.74 Å². The second kappa shape index (κ2) is 12.4. The van der Waals surface area contributed by atoms with E-state index in [1.165, 1.54) is 4.90 Å². The molecule has 0 aromatic heterocycles. The van der Waals surface area contributed by atoms with Crippen molar-refractivity contribution in [3.8, 4) is 0 Å². The molecule has 210 valence electrons. The summed E-state index contributed by atoms with van der Waals surface area (Å²) in [6.07, 6.45) is 1.72. The van der Waals surface area contributed by atoms with E-state index < -0.39 is 0 Å². The van der Waals surface area contributed by atoms with Crippen LogP contribution in [0.25, 0.3) is 6.08 Å². The van der Waals surface area contributed by atoms with Crippen LogP contribution in [0.1, 0.15) is 28.4 Å². The van der Waals surface area contributed by atoms with Gasteiger partial charge in [0.05, 0.1) is 5.69 Å². The SMILES string of the molecule is CCN1C(=O)/C(=C\c2ccc(N(c3ccccc3)c3ccccc3)cc2)OC1=Nc1ccccc1C(=O)c1ccccc1. The Hall–Kier alpha value is -5.75. The van der Waals surface area contributed by atoms with Gasteiger partial charge in [-0.25, -0.2) is 0 Å². The highest BCUT2D eigenvalue weighted by Crippen LogP contribution is 2.34. The van der Waals surface area contributed by atoms with Crippen molar-refractivity contribution in [1.82, 2.24) is 4.90 Å². The van der Waals surface area contributed by atoms with E-state index in [2.05, 4.69) is 34.2 Å². The van der Waals surface area contributed by atoms with Crippen molar-refractivity contribution in [3.05, 3.63) is 162 Å². The molecule has 0 atom stereocenters. The van der Waals surface area contributed by atoms with Gasteiger partial charge in [0, 0.05) is 34.7 Å². The van der Waals surface area contributed by atoms with Crippen LogP contribution in [0.3, 0.4) is 0 Å². The summed E-state index contributed by atoms with van der Waals surface area (Å²) in [7, 11) is 0. The van der Waals surface area contributed by atoms with Crippen LogP contribution < -0.4 is 4.90 Å². The number of carbonyl (C=O) groups is 2. The van der Waals surface area contributed by atoms with Gasteiger partial charge in [0.15, 0.2) is 11.5 Å². The lowest BCUT2D eigenvalue weighted by Crippen LogP contribution is -2.29. The number of hydrogen-bond donors (Lipinski definition) is 0. The Morgan fingerprint density at radius 2 is 1.26 bits per heavy atom. The third kappa shape index (κ3) is 5.85. The van der Waals surface area contributed by atoms with E-state index in [0.717, 1.165) is 22.6 Å². The molecule has 0 radical (unpaired) electrons. The monoisotopic (exact) mass is 563 g/mol. The maximum atomic E-state index is 13.3. The molecule has 5 aromatic rings. The lowest BCUT2D eigenvalue weighted by molar-refractivity contribution is -0.122. The lowest BCUT2D eigenvalue weighted by Gasteiger charge is -2.25. The zero-order valence-corrected chi connectivity index (χ0v) is 23.6. The van der Waals surface area contributed by atoms with Crippen LogP contribution in [-0.2, 0) is 9.53 Å². The largest absolute Gasteiger partial charge is 0.419 e. The van der Waals surface area contributed by atoms with E-state index in [-0.39, 0.29) is 23.5 Å². The van der Waals surface area contributed by atoms with Gasteiger partial charge < -0.3 is 9.64 Å². The molecule has 1 aliphatic heterocycles. The van der Waals surface area contributed by atoms with Gasteiger partial charge in [-0.2, -0.15) is 4.99 Å². The Morgan fingerprint density at radius 3 is 1.86 bits per heavy atom. The van der Waals surface area contributed by atoms with E-state index in [1.54, 1.807) is 42.5 Å². The maximum Gasteiger partial charge on any atom is 0.305 e. The fourth-order valence-corrected chi connectivity index (χ4v) is 4.95. The van der Waals surface area contributed by atoms with E-state index in [1.807, 2.05) is 85.8 Å². The van der Waals surface area contributed by atoms with Crippen LogP contribution in [-0.4, -0.2) is 29.2 Å². The molecule has 43 heavy (non-hydrogen) atoms. The Balaban J connectivity index is 1.29. The Morgan fingerprint density at radius 1 is 0.721 bits per heavy atom. The molecule has 0 unspecified atom stereocenters. The molecule has 1 fully saturated rings. The molecule has 1 amide bonds. The number of hydrogen-bond acceptors (Lipinski definition) is 5. The van der Waals surface area contributed by atoms with E-state index in [9.17, 15) is 9.59 Å². The first-order valence-corrected chi connectivity index (χ1v) is 14.1. The molecule has 0 saturated carbocycles. The summed E-state index contributed by atoms with van der Waals surface area (Å²) < 4.78 is 6.01. The molecule has 6 heteroatoms. The number of ketones is 1. The second-order valence-electron chi connectivity index (χ2n) is 9.86. The van der Waals surface area contributed by atoms with Crippen molar-refractivity contribution in [2.45, 2.75) is 6.92 Å². The molecule has 1 saturated heterocycles. The Labute approximate surface area is 250 Å². The van der Waals surface area contributed by atoms with Gasteiger partial charge in [0.1, 0.15) is 0 Å². The number of anilines is 3. The molecule has 6 nitrogen and oxygen atoms in total. The van der Waals surface area contributed by atoms with Gasteiger partial charge in [0.25, 0.3) is 5.91 Å². The lowest BCUT2D eigenvalue weighted by atomic mass is 10.0. The first kappa shape index (κ1) is 27.4. The molecule has 5 aromatic carbocycles. The number of nitrogens with zero attached hydrogens (tertiary/aromatic N) is 3. The highest BCUT2D eigenvalue weighted by atomic mass is 16.5. The van der Waals surface area contributed by atoms with E-state index >= 15 is 0 Å². The Bertz CT molecular complexity index is 1760. The van der Waals surface area contributed by atoms with Gasteiger partial charge >= 0.3 is 6.02 Å². The molecule has 6 rings (SSSR count). The highest BCUT2D eigenvalue weighted by molar-refractivity contribution is 6.14. The number of para-hydroxylation sites is 3. The van der Waals surface area contributed by atoms with Crippen LogP contribution in [0.4, 0.5) is 22.7 Å². The summed E-state index contributed by atoms with van der Waals surface area (Å²) >= 11 is 0. The topological polar surface area (TPSA) is 62.2 Å². The Kier molecular flexibility index (Phi) is 7.91. The molecule has 1 heterocycles. The predicted octanol–water partition coefficient (Wildman–Crippen LogP) is 8.29. The summed E-state index contributed by atoms with van der Waals surface area (Å²) in [5, 5.41) is 0. The highest BCUT2D eigenvalue weighted by Gasteiger charge is 2.34. The molecule has 1 aliphatic rings. The summed E-state index contributed by atoms with van der Waals surface area (Å²) in [4.78, 5) is 34.8. The fourth-order valence-electron chi connectivity index (χ4n) is 4.95. The van der Waals surface area contributed by atoms with Gasteiger partial charge in [-0.15, -0.1) is 0 Å². The van der Waals surface area contributed by atoms with Crippen LogP contribution in [0, 0.1) is 0 Å². The number of amidine groups is 1. The van der Waals surface area contributed by atoms with Crippen molar-refractivity contribution in [2.75, 3.05) is 11.4 Å². The third-order valence-electron chi connectivity index (χ3n) is 7.08. The first-order valence-electron chi connectivity index (χ1n) is 14.1. The number of benzene rings is 5. The van der Waals surface area contributed by atoms with Gasteiger partial charge in [-0.1, -0.05) is 91.0 Å². The minimum Gasteiger partial charge on any atom is -0.419 e. The zero-order chi connectivity index (χ0) is 29.6. The van der Waals surface area contributed by atoms with Gasteiger partial charge in [0.2, 0.25) is 0 Å². The number of rotatable bonds is 8.